The summed E-state index contributed by atoms with van der Waals surface area (Å²) in [6.07, 6.45) is 3.64. The van der Waals surface area contributed by atoms with Gasteiger partial charge in [-0.25, -0.2) is 4.98 Å². The van der Waals surface area contributed by atoms with E-state index in [1.54, 1.807) is 22.8 Å². The molecule has 0 aliphatic carbocycles. The van der Waals surface area contributed by atoms with Crippen LogP contribution in [0.4, 0.5) is 0 Å². The van der Waals surface area contributed by atoms with Crippen LogP contribution in [0.1, 0.15) is 27.9 Å². The number of rotatable bonds is 5. The second-order valence-electron chi connectivity index (χ2n) is 5.80. The number of thioether (sulfide) groups is 1. The summed E-state index contributed by atoms with van der Waals surface area (Å²) in [5.74, 6) is 0.242. The summed E-state index contributed by atoms with van der Waals surface area (Å²) in [6.45, 7) is 6.31. The molecule has 24 heavy (non-hydrogen) atoms. The summed E-state index contributed by atoms with van der Waals surface area (Å²) in [5, 5.41) is 14.1. The molecule has 7 heteroatoms. The molecule has 2 heterocycles. The van der Waals surface area contributed by atoms with Crippen molar-refractivity contribution in [1.29, 1.82) is 5.26 Å². The minimum absolute atomic E-state index is 0.00887. The second kappa shape index (κ2) is 7.49. The van der Waals surface area contributed by atoms with Gasteiger partial charge in [0.25, 0.3) is 0 Å². The van der Waals surface area contributed by atoms with Crippen molar-refractivity contribution in [2.45, 2.75) is 32.3 Å². The van der Waals surface area contributed by atoms with Crippen LogP contribution in [0.5, 0.6) is 0 Å². The fourth-order valence-electron chi connectivity index (χ4n) is 2.30. The summed E-state index contributed by atoms with van der Waals surface area (Å²) >= 11 is 1.32. The minimum Gasteiger partial charge on any atom is -0.341 e. The highest BCUT2D eigenvalue weighted by Gasteiger charge is 2.16. The maximum absolute atomic E-state index is 12.3. The number of pyridine rings is 1. The zero-order valence-electron chi connectivity index (χ0n) is 14.6. The fraction of sp³-hybridized carbons (Fsp3) is 0.412. The van der Waals surface area contributed by atoms with Gasteiger partial charge in [0.1, 0.15) is 11.1 Å². The molecule has 0 aliphatic heterocycles. The van der Waals surface area contributed by atoms with Crippen molar-refractivity contribution in [2.24, 2.45) is 7.05 Å². The Bertz CT molecular complexity index is 806. The lowest BCUT2D eigenvalue weighted by Gasteiger charge is -2.16. The molecule has 0 saturated heterocycles. The van der Waals surface area contributed by atoms with E-state index in [0.717, 1.165) is 22.4 Å². The Morgan fingerprint density at radius 1 is 1.38 bits per heavy atom. The van der Waals surface area contributed by atoms with E-state index in [9.17, 15) is 10.1 Å². The van der Waals surface area contributed by atoms with Crippen molar-refractivity contribution in [3.05, 3.63) is 40.3 Å². The number of carbonyl (C=O) groups is 1. The lowest BCUT2D eigenvalue weighted by atomic mass is 10.1. The van der Waals surface area contributed by atoms with Crippen LogP contribution in [0.3, 0.4) is 0 Å². The second-order valence-corrected chi connectivity index (χ2v) is 6.76. The van der Waals surface area contributed by atoms with E-state index < -0.39 is 0 Å². The minimum atomic E-state index is -0.00887. The molecule has 2 rings (SSSR count). The summed E-state index contributed by atoms with van der Waals surface area (Å²) in [7, 11) is 3.61. The molecule has 0 bridgehead atoms. The molecule has 0 fully saturated rings. The molecular formula is C17H21N5OS. The van der Waals surface area contributed by atoms with Gasteiger partial charge in [0.15, 0.2) is 0 Å². The highest BCUT2D eigenvalue weighted by atomic mass is 32.2. The lowest BCUT2D eigenvalue weighted by Crippen LogP contribution is -2.27. The topological polar surface area (TPSA) is 74.8 Å². The average Bonchev–Trinajstić information content (AvgIpc) is 2.95. The maximum atomic E-state index is 12.3. The summed E-state index contributed by atoms with van der Waals surface area (Å²) in [5.41, 5.74) is 4.40. The van der Waals surface area contributed by atoms with Crippen LogP contribution in [-0.4, -0.2) is 38.4 Å². The number of aromatic nitrogens is 3. The van der Waals surface area contributed by atoms with E-state index in [4.69, 9.17) is 0 Å². The van der Waals surface area contributed by atoms with E-state index in [2.05, 4.69) is 16.2 Å². The zero-order valence-corrected chi connectivity index (χ0v) is 15.4. The SMILES string of the molecule is Cc1nc(SCC(=O)N(C)Cc2cnn(C)c2)c(C#N)c(C)c1C. The Hall–Kier alpha value is -2.33. The largest absolute Gasteiger partial charge is 0.341 e. The first-order valence-corrected chi connectivity index (χ1v) is 8.54. The van der Waals surface area contributed by atoms with Crippen LogP contribution < -0.4 is 0 Å². The third-order valence-corrected chi connectivity index (χ3v) is 4.97. The first-order chi connectivity index (χ1) is 11.3. The van der Waals surface area contributed by atoms with Crippen LogP contribution in [0.15, 0.2) is 17.4 Å². The highest BCUT2D eigenvalue weighted by Crippen LogP contribution is 2.26. The standard InChI is InChI=1S/C17H21N5OS/c1-11-12(2)15(6-18)17(20-13(11)3)24-10-16(23)21(4)8-14-7-19-22(5)9-14/h7,9H,8,10H2,1-5H3. The number of amides is 1. The van der Waals surface area contributed by atoms with Crippen molar-refractivity contribution in [1.82, 2.24) is 19.7 Å². The predicted octanol–water partition coefficient (Wildman–Crippen LogP) is 2.36. The van der Waals surface area contributed by atoms with Gasteiger partial charge in [0.05, 0.1) is 17.5 Å². The highest BCUT2D eigenvalue weighted by molar-refractivity contribution is 8.00. The summed E-state index contributed by atoms with van der Waals surface area (Å²) in [4.78, 5) is 18.5. The van der Waals surface area contributed by atoms with Crippen molar-refractivity contribution in [3.63, 3.8) is 0 Å². The van der Waals surface area contributed by atoms with Gasteiger partial charge in [-0.3, -0.25) is 9.48 Å². The molecule has 0 aliphatic rings. The van der Waals surface area contributed by atoms with Gasteiger partial charge in [0, 0.05) is 38.1 Å². The Morgan fingerprint density at radius 2 is 2.08 bits per heavy atom. The Labute approximate surface area is 146 Å². The normalized spacial score (nSPS) is 10.5. The maximum Gasteiger partial charge on any atom is 0.233 e. The lowest BCUT2D eigenvalue weighted by molar-refractivity contribution is -0.127. The molecule has 126 valence electrons. The van der Waals surface area contributed by atoms with Crippen molar-refractivity contribution < 1.29 is 4.79 Å². The van der Waals surface area contributed by atoms with Crippen LogP contribution in [-0.2, 0) is 18.4 Å². The Kier molecular flexibility index (Phi) is 5.62. The smallest absolute Gasteiger partial charge is 0.233 e. The van der Waals surface area contributed by atoms with E-state index >= 15 is 0 Å². The predicted molar refractivity (Wildman–Crippen MR) is 93.6 cm³/mol. The number of nitrogens with zero attached hydrogens (tertiary/aromatic N) is 5. The van der Waals surface area contributed by atoms with Gasteiger partial charge in [-0.1, -0.05) is 11.8 Å². The molecule has 0 N–H and O–H groups in total. The molecule has 0 unspecified atom stereocenters. The molecule has 0 atom stereocenters. The monoisotopic (exact) mass is 343 g/mol. The van der Waals surface area contributed by atoms with E-state index in [1.807, 2.05) is 34.0 Å². The van der Waals surface area contributed by atoms with Crippen LogP contribution in [0.2, 0.25) is 0 Å². The number of hydrogen-bond donors (Lipinski definition) is 0. The summed E-state index contributed by atoms with van der Waals surface area (Å²) in [6, 6.07) is 2.21. The van der Waals surface area contributed by atoms with Crippen molar-refractivity contribution >= 4 is 17.7 Å². The van der Waals surface area contributed by atoms with Gasteiger partial charge in [-0.2, -0.15) is 10.4 Å². The van der Waals surface area contributed by atoms with Crippen molar-refractivity contribution in [2.75, 3.05) is 12.8 Å². The third kappa shape index (κ3) is 3.95. The van der Waals surface area contributed by atoms with Gasteiger partial charge in [-0.15, -0.1) is 0 Å². The first-order valence-electron chi connectivity index (χ1n) is 7.55. The molecule has 0 aromatic carbocycles. The van der Waals surface area contributed by atoms with Crippen LogP contribution in [0, 0.1) is 32.1 Å². The van der Waals surface area contributed by atoms with E-state index in [-0.39, 0.29) is 11.7 Å². The van der Waals surface area contributed by atoms with E-state index in [1.165, 1.54) is 11.8 Å². The molecular weight excluding hydrogens is 322 g/mol. The quantitative estimate of drug-likeness (QED) is 0.779. The van der Waals surface area contributed by atoms with Gasteiger partial charge in [0.2, 0.25) is 5.91 Å². The van der Waals surface area contributed by atoms with Gasteiger partial charge >= 0.3 is 0 Å². The average molecular weight is 343 g/mol. The molecule has 1 amide bonds. The molecule has 0 saturated carbocycles. The van der Waals surface area contributed by atoms with Crippen molar-refractivity contribution in [3.8, 4) is 6.07 Å². The van der Waals surface area contributed by atoms with Gasteiger partial charge in [-0.05, 0) is 31.9 Å². The number of hydrogen-bond acceptors (Lipinski definition) is 5. The molecule has 2 aromatic rings. The Balaban J connectivity index is 2.05. The van der Waals surface area contributed by atoms with Crippen LogP contribution >= 0.6 is 11.8 Å². The molecule has 0 spiro atoms. The van der Waals surface area contributed by atoms with E-state index in [0.29, 0.717) is 17.1 Å². The number of aryl methyl sites for hydroxylation is 2. The number of carbonyl (C=O) groups excluding carboxylic acids is 1. The molecule has 2 aromatic heterocycles. The molecule has 0 radical (unpaired) electrons. The summed E-state index contributed by atoms with van der Waals surface area (Å²) < 4.78 is 1.71. The fourth-order valence-corrected chi connectivity index (χ4v) is 3.33. The third-order valence-electron chi connectivity index (χ3n) is 4.01. The van der Waals surface area contributed by atoms with Crippen LogP contribution in [0.25, 0.3) is 0 Å². The molecule has 6 nitrogen and oxygen atoms in total. The Morgan fingerprint density at radius 3 is 2.67 bits per heavy atom. The zero-order chi connectivity index (χ0) is 17.9. The number of nitriles is 1. The van der Waals surface area contributed by atoms with Gasteiger partial charge < -0.3 is 4.90 Å². The first kappa shape index (κ1) is 18.0.